The molecule has 0 bridgehead atoms. The van der Waals surface area contributed by atoms with E-state index in [0.717, 1.165) is 5.56 Å². The Morgan fingerprint density at radius 1 is 1.40 bits per heavy atom. The van der Waals surface area contributed by atoms with Crippen molar-refractivity contribution in [3.63, 3.8) is 0 Å². The summed E-state index contributed by atoms with van der Waals surface area (Å²) in [5, 5.41) is 3.81. The zero-order valence-corrected chi connectivity index (χ0v) is 11.7. The van der Waals surface area contributed by atoms with E-state index in [9.17, 15) is 4.79 Å². The topological polar surface area (TPSA) is 72.1 Å². The van der Waals surface area contributed by atoms with Gasteiger partial charge in [0.05, 0.1) is 0 Å². The van der Waals surface area contributed by atoms with Crippen molar-refractivity contribution >= 4 is 5.91 Å². The van der Waals surface area contributed by atoms with E-state index in [0.29, 0.717) is 37.5 Å². The molecule has 0 radical (unpaired) electrons. The van der Waals surface area contributed by atoms with E-state index in [1.54, 1.807) is 31.3 Å². The first-order chi connectivity index (χ1) is 9.65. The van der Waals surface area contributed by atoms with Crippen LogP contribution in [0.15, 0.2) is 29.0 Å². The molecule has 6 nitrogen and oxygen atoms in total. The first-order valence-electron chi connectivity index (χ1n) is 6.57. The Labute approximate surface area is 117 Å². The maximum atomic E-state index is 12.0. The van der Waals surface area contributed by atoms with Crippen molar-refractivity contribution in [2.75, 3.05) is 13.6 Å². The maximum absolute atomic E-state index is 12.0. The molecule has 0 aliphatic heterocycles. The summed E-state index contributed by atoms with van der Waals surface area (Å²) in [6, 6.07) is 3.85. The van der Waals surface area contributed by atoms with Crippen molar-refractivity contribution in [2.45, 2.75) is 26.2 Å². The molecule has 0 N–H and O–H groups in total. The van der Waals surface area contributed by atoms with Gasteiger partial charge in [-0.25, -0.2) is 0 Å². The van der Waals surface area contributed by atoms with Gasteiger partial charge in [-0.1, -0.05) is 11.2 Å². The molecule has 0 saturated carbocycles. The summed E-state index contributed by atoms with van der Waals surface area (Å²) in [4.78, 5) is 21.8. The lowest BCUT2D eigenvalue weighted by Gasteiger charge is -2.16. The van der Waals surface area contributed by atoms with Crippen molar-refractivity contribution in [2.24, 2.45) is 0 Å². The molecule has 6 heteroatoms. The van der Waals surface area contributed by atoms with E-state index < -0.39 is 0 Å². The molecule has 0 atom stereocenters. The van der Waals surface area contributed by atoms with Crippen molar-refractivity contribution in [3.05, 3.63) is 41.8 Å². The van der Waals surface area contributed by atoms with Crippen LogP contribution in [0.4, 0.5) is 0 Å². The molecule has 0 aromatic carbocycles. The van der Waals surface area contributed by atoms with E-state index in [1.165, 1.54) is 0 Å². The number of rotatable bonds is 6. The fraction of sp³-hybridized carbons (Fsp3) is 0.429. The highest BCUT2D eigenvalue weighted by Gasteiger charge is 2.10. The van der Waals surface area contributed by atoms with E-state index in [4.69, 9.17) is 4.52 Å². The van der Waals surface area contributed by atoms with E-state index >= 15 is 0 Å². The second-order valence-electron chi connectivity index (χ2n) is 4.66. The van der Waals surface area contributed by atoms with Crippen LogP contribution < -0.4 is 0 Å². The molecule has 2 rings (SSSR count). The molecule has 0 saturated heterocycles. The first-order valence-corrected chi connectivity index (χ1v) is 6.57. The van der Waals surface area contributed by atoms with Crippen LogP contribution in [-0.4, -0.2) is 39.5 Å². The molecule has 0 spiro atoms. The molecule has 2 aromatic rings. The van der Waals surface area contributed by atoms with Crippen molar-refractivity contribution in [3.8, 4) is 0 Å². The average Bonchev–Trinajstić information content (AvgIpc) is 2.89. The molecule has 0 unspecified atom stereocenters. The van der Waals surface area contributed by atoms with Gasteiger partial charge < -0.3 is 9.42 Å². The maximum Gasteiger partial charge on any atom is 0.223 e. The molecule has 2 aromatic heterocycles. The number of aryl methyl sites for hydroxylation is 2. The third kappa shape index (κ3) is 4.15. The fourth-order valence-electron chi connectivity index (χ4n) is 1.82. The standard InChI is InChI=1S/C14H18N4O2/c1-11-16-13(17-20-11)7-9-18(2)14(19)6-5-12-4-3-8-15-10-12/h3-4,8,10H,5-7,9H2,1-2H3. The average molecular weight is 274 g/mol. The number of carbonyl (C=O) groups excluding carboxylic acids is 1. The Morgan fingerprint density at radius 3 is 2.90 bits per heavy atom. The normalized spacial score (nSPS) is 10.5. The van der Waals surface area contributed by atoms with E-state index in [2.05, 4.69) is 15.1 Å². The van der Waals surface area contributed by atoms with Gasteiger partial charge in [0.15, 0.2) is 5.82 Å². The molecule has 1 amide bonds. The van der Waals surface area contributed by atoms with Gasteiger partial charge in [0.2, 0.25) is 11.8 Å². The van der Waals surface area contributed by atoms with Gasteiger partial charge in [-0.2, -0.15) is 4.98 Å². The number of nitrogens with zero attached hydrogens (tertiary/aromatic N) is 4. The zero-order valence-electron chi connectivity index (χ0n) is 11.7. The summed E-state index contributed by atoms with van der Waals surface area (Å²) >= 11 is 0. The van der Waals surface area contributed by atoms with Crippen LogP contribution in [0.3, 0.4) is 0 Å². The highest BCUT2D eigenvalue weighted by Crippen LogP contribution is 2.03. The summed E-state index contributed by atoms with van der Waals surface area (Å²) < 4.78 is 4.89. The van der Waals surface area contributed by atoms with Crippen LogP contribution in [0.5, 0.6) is 0 Å². The third-order valence-corrected chi connectivity index (χ3v) is 3.02. The van der Waals surface area contributed by atoms with E-state index in [-0.39, 0.29) is 5.91 Å². The predicted octanol–water partition coefficient (Wildman–Crippen LogP) is 1.41. The predicted molar refractivity (Wildman–Crippen MR) is 72.9 cm³/mol. The summed E-state index contributed by atoms with van der Waals surface area (Å²) in [7, 11) is 1.79. The lowest BCUT2D eigenvalue weighted by molar-refractivity contribution is -0.129. The van der Waals surface area contributed by atoms with Gasteiger partial charge in [0, 0.05) is 45.8 Å². The second-order valence-corrected chi connectivity index (χ2v) is 4.66. The molecular formula is C14H18N4O2. The lowest BCUT2D eigenvalue weighted by Crippen LogP contribution is -2.29. The van der Waals surface area contributed by atoms with Crippen LogP contribution in [0, 0.1) is 6.92 Å². The molecule has 0 aliphatic carbocycles. The number of pyridine rings is 1. The first kappa shape index (κ1) is 14.2. The molecule has 20 heavy (non-hydrogen) atoms. The highest BCUT2D eigenvalue weighted by atomic mass is 16.5. The third-order valence-electron chi connectivity index (χ3n) is 3.02. The Hall–Kier alpha value is -2.24. The van der Waals surface area contributed by atoms with Gasteiger partial charge in [0.25, 0.3) is 0 Å². The van der Waals surface area contributed by atoms with Gasteiger partial charge in [-0.3, -0.25) is 9.78 Å². The van der Waals surface area contributed by atoms with Crippen LogP contribution in [-0.2, 0) is 17.6 Å². The number of amides is 1. The summed E-state index contributed by atoms with van der Waals surface area (Å²) in [5.74, 6) is 1.29. The molecule has 106 valence electrons. The van der Waals surface area contributed by atoms with Gasteiger partial charge >= 0.3 is 0 Å². The Kier molecular flexibility index (Phi) is 4.81. The summed E-state index contributed by atoms with van der Waals surface area (Å²) in [6.45, 7) is 2.34. The van der Waals surface area contributed by atoms with E-state index in [1.807, 2.05) is 12.1 Å². The van der Waals surface area contributed by atoms with Crippen molar-refractivity contribution < 1.29 is 9.32 Å². The minimum atomic E-state index is 0.106. The van der Waals surface area contributed by atoms with Gasteiger partial charge in [-0.15, -0.1) is 0 Å². The Morgan fingerprint density at radius 2 is 2.25 bits per heavy atom. The Bertz CT molecular complexity index is 553. The van der Waals surface area contributed by atoms with Gasteiger partial charge in [-0.05, 0) is 18.1 Å². The number of likely N-dealkylation sites (N-methyl/N-ethyl adjacent to an activating group) is 1. The zero-order chi connectivity index (χ0) is 14.4. The van der Waals surface area contributed by atoms with Crippen molar-refractivity contribution in [1.29, 1.82) is 0 Å². The monoisotopic (exact) mass is 274 g/mol. The molecule has 0 aliphatic rings. The molecule has 2 heterocycles. The highest BCUT2D eigenvalue weighted by molar-refractivity contribution is 5.76. The largest absolute Gasteiger partial charge is 0.345 e. The van der Waals surface area contributed by atoms with Crippen LogP contribution in [0.25, 0.3) is 0 Å². The van der Waals surface area contributed by atoms with Crippen LogP contribution in [0.2, 0.25) is 0 Å². The SMILES string of the molecule is Cc1nc(CCN(C)C(=O)CCc2cccnc2)no1. The number of hydrogen-bond acceptors (Lipinski definition) is 5. The lowest BCUT2D eigenvalue weighted by atomic mass is 10.1. The quantitative estimate of drug-likeness (QED) is 0.796. The minimum Gasteiger partial charge on any atom is -0.345 e. The van der Waals surface area contributed by atoms with Gasteiger partial charge in [0.1, 0.15) is 0 Å². The fourth-order valence-corrected chi connectivity index (χ4v) is 1.82. The van der Waals surface area contributed by atoms with Crippen LogP contribution >= 0.6 is 0 Å². The minimum absolute atomic E-state index is 0.106. The second kappa shape index (κ2) is 6.79. The Balaban J connectivity index is 1.74. The number of aromatic nitrogens is 3. The summed E-state index contributed by atoms with van der Waals surface area (Å²) in [6.07, 6.45) is 5.30. The van der Waals surface area contributed by atoms with Crippen molar-refractivity contribution in [1.82, 2.24) is 20.0 Å². The molecule has 0 fully saturated rings. The number of hydrogen-bond donors (Lipinski definition) is 0. The van der Waals surface area contributed by atoms with Crippen LogP contribution in [0.1, 0.15) is 23.7 Å². The summed E-state index contributed by atoms with van der Waals surface area (Å²) in [5.41, 5.74) is 1.07. The number of carbonyl (C=O) groups is 1. The smallest absolute Gasteiger partial charge is 0.223 e. The molecular weight excluding hydrogens is 256 g/mol.